The number of halogens is 2. The number of hydrogen-bond donors (Lipinski definition) is 3. The Morgan fingerprint density at radius 1 is 1.06 bits per heavy atom. The molecule has 4 N–H and O–H groups in total. The molecule has 2 amide bonds. The molecule has 0 aliphatic rings. The van der Waals surface area contributed by atoms with Gasteiger partial charge in [0.1, 0.15) is 22.9 Å². The summed E-state index contributed by atoms with van der Waals surface area (Å²) in [5.41, 5.74) is 6.52. The van der Waals surface area contributed by atoms with Crippen LogP contribution < -0.4 is 21.1 Å². The Morgan fingerprint density at radius 3 is 2.56 bits per heavy atom. The van der Waals surface area contributed by atoms with Crippen molar-refractivity contribution in [2.24, 2.45) is 0 Å². The fraction of sp³-hybridized carbons (Fsp3) is 0.0500. The number of nitrogens with one attached hydrogen (secondary N) is 2. The minimum Gasteiger partial charge on any atom is -0.495 e. The van der Waals surface area contributed by atoms with Crippen LogP contribution in [0.1, 0.15) is 20.7 Å². The monoisotopic (exact) mass is 488 g/mol. The predicted molar refractivity (Wildman–Crippen MR) is 125 cm³/mol. The van der Waals surface area contributed by atoms with Gasteiger partial charge in [-0.1, -0.05) is 29.3 Å². The lowest BCUT2D eigenvalue weighted by atomic mass is 10.1. The van der Waals surface area contributed by atoms with Gasteiger partial charge in [-0.15, -0.1) is 11.3 Å². The number of carbonyl (C=O) groups excluding carboxylic acids is 2. The van der Waals surface area contributed by atoms with E-state index in [2.05, 4.69) is 25.6 Å². The van der Waals surface area contributed by atoms with Gasteiger partial charge in [-0.2, -0.15) is 0 Å². The molecule has 12 heteroatoms. The molecule has 32 heavy (non-hydrogen) atoms. The van der Waals surface area contributed by atoms with E-state index in [9.17, 15) is 9.59 Å². The lowest BCUT2D eigenvalue weighted by Gasteiger charge is -2.16. The summed E-state index contributed by atoms with van der Waals surface area (Å²) < 4.78 is 5.27. The molecule has 0 atom stereocenters. The molecule has 0 bridgehead atoms. The van der Waals surface area contributed by atoms with Gasteiger partial charge in [-0.3, -0.25) is 14.9 Å². The molecular weight excluding hydrogens is 475 g/mol. The summed E-state index contributed by atoms with van der Waals surface area (Å²) in [5.74, 6) is -0.707. The summed E-state index contributed by atoms with van der Waals surface area (Å²) in [4.78, 5) is 38.0. The van der Waals surface area contributed by atoms with Gasteiger partial charge >= 0.3 is 0 Å². The van der Waals surface area contributed by atoms with Gasteiger partial charge in [-0.05, 0) is 18.2 Å². The highest BCUT2D eigenvalue weighted by Crippen LogP contribution is 2.41. The van der Waals surface area contributed by atoms with Gasteiger partial charge in [0, 0.05) is 17.0 Å². The first-order chi connectivity index (χ1) is 15.4. The Morgan fingerprint density at radius 2 is 1.84 bits per heavy atom. The number of para-hydroxylation sites is 1. The Balaban J connectivity index is 1.74. The van der Waals surface area contributed by atoms with Crippen LogP contribution >= 0.6 is 34.5 Å². The number of nitrogens with zero attached hydrogens (tertiary/aromatic N) is 3. The van der Waals surface area contributed by atoms with Gasteiger partial charge in [0.25, 0.3) is 11.8 Å². The Kier molecular flexibility index (Phi) is 6.08. The van der Waals surface area contributed by atoms with Gasteiger partial charge in [0.05, 0.1) is 34.5 Å². The highest BCUT2D eigenvalue weighted by Gasteiger charge is 2.24. The summed E-state index contributed by atoms with van der Waals surface area (Å²) in [7, 11) is 1.38. The van der Waals surface area contributed by atoms with E-state index in [1.807, 2.05) is 0 Å². The van der Waals surface area contributed by atoms with Crippen LogP contribution in [-0.4, -0.2) is 33.9 Å². The number of amides is 2. The highest BCUT2D eigenvalue weighted by molar-refractivity contribution is 7.13. The van der Waals surface area contributed by atoms with E-state index in [1.54, 1.807) is 29.8 Å². The van der Waals surface area contributed by atoms with E-state index in [0.717, 1.165) is 0 Å². The minimum absolute atomic E-state index is 0.0148. The summed E-state index contributed by atoms with van der Waals surface area (Å²) >= 11 is 14.1. The van der Waals surface area contributed by atoms with E-state index in [0.29, 0.717) is 16.0 Å². The molecule has 4 rings (SSSR count). The van der Waals surface area contributed by atoms with Crippen molar-refractivity contribution in [1.29, 1.82) is 0 Å². The molecule has 2 aromatic heterocycles. The van der Waals surface area contributed by atoms with Crippen molar-refractivity contribution in [2.45, 2.75) is 0 Å². The molecule has 0 aliphatic heterocycles. The Hall–Kier alpha value is -3.47. The largest absolute Gasteiger partial charge is 0.495 e. The quantitative estimate of drug-likeness (QED) is 0.376. The Bertz CT molecular complexity index is 1350. The molecule has 0 saturated carbocycles. The van der Waals surface area contributed by atoms with E-state index >= 15 is 0 Å². The third-order valence-electron chi connectivity index (χ3n) is 4.46. The number of ether oxygens (including phenoxy) is 1. The molecule has 2 heterocycles. The number of carbonyl (C=O) groups is 2. The molecular formula is C20H14Cl2N6O3S. The number of anilines is 3. The van der Waals surface area contributed by atoms with Crippen molar-refractivity contribution >= 4 is 73.9 Å². The van der Waals surface area contributed by atoms with E-state index < -0.39 is 11.8 Å². The SMILES string of the molecule is COc1cc(C(=O)Nc2nccs2)c(Cl)c(NC(=O)c2cccc3c(N)ncnc23)c1Cl. The lowest BCUT2D eigenvalue weighted by molar-refractivity contribution is 0.101. The van der Waals surface area contributed by atoms with Crippen LogP contribution in [0.3, 0.4) is 0 Å². The molecule has 0 saturated heterocycles. The summed E-state index contributed by atoms with van der Waals surface area (Å²) in [6.07, 6.45) is 2.82. The summed E-state index contributed by atoms with van der Waals surface area (Å²) in [5, 5.41) is 7.89. The first kappa shape index (κ1) is 21.8. The molecule has 0 aliphatic carbocycles. The van der Waals surface area contributed by atoms with Gasteiger partial charge in [0.15, 0.2) is 5.13 Å². The van der Waals surface area contributed by atoms with Crippen LogP contribution in [0.2, 0.25) is 10.0 Å². The van der Waals surface area contributed by atoms with Crippen LogP contribution in [0.5, 0.6) is 5.75 Å². The van der Waals surface area contributed by atoms with E-state index in [-0.39, 0.29) is 38.4 Å². The van der Waals surface area contributed by atoms with Crippen molar-refractivity contribution in [3.63, 3.8) is 0 Å². The smallest absolute Gasteiger partial charge is 0.259 e. The van der Waals surface area contributed by atoms with Crippen LogP contribution in [-0.2, 0) is 0 Å². The molecule has 0 spiro atoms. The summed E-state index contributed by atoms with van der Waals surface area (Å²) in [6, 6.07) is 6.31. The standard InChI is InChI=1S/C20H14Cl2N6O3S/c1-31-12-7-11(19(30)28-20-24-5-6-32-20)13(21)16(14(12)22)27-18(29)10-4-2-3-9-15(10)25-8-26-17(9)23/h2-8H,1H3,(H,27,29)(H2,23,25,26)(H,24,28,30). The number of thiazole rings is 1. The molecule has 4 aromatic rings. The number of nitrogen functional groups attached to an aromatic ring is 1. The average Bonchev–Trinajstić information content (AvgIpc) is 3.29. The van der Waals surface area contributed by atoms with Gasteiger partial charge in [-0.25, -0.2) is 15.0 Å². The fourth-order valence-corrected chi connectivity index (χ4v) is 4.08. The fourth-order valence-electron chi connectivity index (χ4n) is 2.96. The third-order valence-corrected chi connectivity index (χ3v) is 5.92. The van der Waals surface area contributed by atoms with Crippen molar-refractivity contribution in [3.05, 3.63) is 63.3 Å². The molecule has 2 aromatic carbocycles. The predicted octanol–water partition coefficient (Wildman–Crippen LogP) is 4.49. The van der Waals surface area contributed by atoms with Crippen molar-refractivity contribution in [2.75, 3.05) is 23.5 Å². The van der Waals surface area contributed by atoms with Crippen LogP contribution in [0.15, 0.2) is 42.2 Å². The number of hydrogen-bond acceptors (Lipinski definition) is 8. The average molecular weight is 489 g/mol. The second-order valence-electron chi connectivity index (χ2n) is 6.34. The second-order valence-corrected chi connectivity index (χ2v) is 7.99. The number of nitrogens with two attached hydrogens (primary N) is 1. The zero-order valence-electron chi connectivity index (χ0n) is 16.3. The van der Waals surface area contributed by atoms with Gasteiger partial charge in [0.2, 0.25) is 0 Å². The summed E-state index contributed by atoms with van der Waals surface area (Å²) in [6.45, 7) is 0. The van der Waals surface area contributed by atoms with Crippen molar-refractivity contribution < 1.29 is 14.3 Å². The lowest BCUT2D eigenvalue weighted by Crippen LogP contribution is -2.17. The molecule has 9 nitrogen and oxygen atoms in total. The normalized spacial score (nSPS) is 10.7. The molecule has 0 unspecified atom stereocenters. The zero-order valence-corrected chi connectivity index (χ0v) is 18.7. The first-order valence-corrected chi connectivity index (χ1v) is 10.6. The number of fused-ring (bicyclic) bond motifs is 1. The van der Waals surface area contributed by atoms with E-state index in [4.69, 9.17) is 33.7 Å². The maximum Gasteiger partial charge on any atom is 0.259 e. The zero-order chi connectivity index (χ0) is 22.8. The highest BCUT2D eigenvalue weighted by atomic mass is 35.5. The van der Waals surface area contributed by atoms with Crippen molar-refractivity contribution in [3.8, 4) is 5.75 Å². The van der Waals surface area contributed by atoms with Crippen molar-refractivity contribution in [1.82, 2.24) is 15.0 Å². The number of benzene rings is 2. The Labute approximate surface area is 195 Å². The topological polar surface area (TPSA) is 132 Å². The second kappa shape index (κ2) is 8.95. The van der Waals surface area contributed by atoms with Crippen LogP contribution in [0.25, 0.3) is 10.9 Å². The number of rotatable bonds is 5. The van der Waals surface area contributed by atoms with Gasteiger partial charge < -0.3 is 15.8 Å². The number of aromatic nitrogens is 3. The first-order valence-electron chi connectivity index (χ1n) is 8.98. The molecule has 162 valence electrons. The van der Waals surface area contributed by atoms with Crippen LogP contribution in [0.4, 0.5) is 16.6 Å². The minimum atomic E-state index is -0.558. The maximum absolute atomic E-state index is 13.1. The maximum atomic E-state index is 13.1. The van der Waals surface area contributed by atoms with E-state index in [1.165, 1.54) is 30.8 Å². The molecule has 0 radical (unpaired) electrons. The third kappa shape index (κ3) is 4.03. The van der Waals surface area contributed by atoms with Crippen LogP contribution in [0, 0.1) is 0 Å². The molecule has 0 fully saturated rings. The number of methoxy groups -OCH3 is 1.